The molecule has 0 amide bonds. The van der Waals surface area contributed by atoms with Crippen molar-refractivity contribution in [1.82, 2.24) is 10.6 Å². The van der Waals surface area contributed by atoms with Crippen LogP contribution in [-0.4, -0.2) is 38.7 Å². The average molecular weight is 492 g/mol. The number of benzene rings is 2. The van der Waals surface area contributed by atoms with Crippen LogP contribution in [0.3, 0.4) is 0 Å². The molecular formula is C23H33IN4. The van der Waals surface area contributed by atoms with Crippen molar-refractivity contribution in [3.63, 3.8) is 0 Å². The monoisotopic (exact) mass is 492 g/mol. The highest BCUT2D eigenvalue weighted by Gasteiger charge is 2.20. The molecule has 1 saturated heterocycles. The number of rotatable bonds is 5. The highest BCUT2D eigenvalue weighted by atomic mass is 127. The molecule has 2 aromatic carbocycles. The van der Waals surface area contributed by atoms with Crippen molar-refractivity contribution in [2.75, 3.05) is 31.6 Å². The third-order valence-electron chi connectivity index (χ3n) is 5.37. The predicted octanol–water partition coefficient (Wildman–Crippen LogP) is 4.55. The first kappa shape index (κ1) is 22.5. The largest absolute Gasteiger partial charge is 0.371 e. The first-order chi connectivity index (χ1) is 13.2. The van der Waals surface area contributed by atoms with Gasteiger partial charge in [-0.3, -0.25) is 4.99 Å². The third-order valence-corrected chi connectivity index (χ3v) is 5.37. The van der Waals surface area contributed by atoms with E-state index in [0.29, 0.717) is 12.0 Å². The van der Waals surface area contributed by atoms with E-state index < -0.39 is 0 Å². The molecule has 1 aliphatic heterocycles. The maximum atomic E-state index is 4.42. The maximum Gasteiger partial charge on any atom is 0.191 e. The number of para-hydroxylation sites is 1. The smallest absolute Gasteiger partial charge is 0.191 e. The molecule has 5 heteroatoms. The van der Waals surface area contributed by atoms with Crippen LogP contribution < -0.4 is 15.5 Å². The molecule has 0 bridgehead atoms. The van der Waals surface area contributed by atoms with E-state index in [-0.39, 0.29) is 24.0 Å². The SMILES string of the molecule is CN=C(NCC(C)c1cccc(C)c1)NC1CCN(c2ccccc2)CC1.I. The standard InChI is InChI=1S/C23H32N4.HI/c1-18-8-7-9-20(16-18)19(2)17-25-23(24-3)26-21-12-14-27(15-13-21)22-10-5-4-6-11-22;/h4-11,16,19,21H,12-15,17H2,1-3H3,(H2,24,25,26);1H. The summed E-state index contributed by atoms with van der Waals surface area (Å²) in [5.74, 6) is 1.36. The van der Waals surface area contributed by atoms with E-state index in [2.05, 4.69) is 89.0 Å². The van der Waals surface area contributed by atoms with Gasteiger partial charge in [0.1, 0.15) is 0 Å². The Morgan fingerprint density at radius 2 is 1.82 bits per heavy atom. The molecule has 2 N–H and O–H groups in total. The topological polar surface area (TPSA) is 39.7 Å². The van der Waals surface area contributed by atoms with Gasteiger partial charge in [-0.2, -0.15) is 0 Å². The highest BCUT2D eigenvalue weighted by molar-refractivity contribution is 14.0. The number of piperidine rings is 1. The summed E-state index contributed by atoms with van der Waals surface area (Å²) in [6, 6.07) is 19.9. The van der Waals surface area contributed by atoms with Crippen LogP contribution in [0.4, 0.5) is 5.69 Å². The van der Waals surface area contributed by atoms with Gasteiger partial charge in [0.15, 0.2) is 5.96 Å². The van der Waals surface area contributed by atoms with Crippen LogP contribution in [0, 0.1) is 6.92 Å². The fourth-order valence-corrected chi connectivity index (χ4v) is 3.65. The van der Waals surface area contributed by atoms with Gasteiger partial charge in [-0.05, 0) is 43.4 Å². The number of guanidine groups is 1. The summed E-state index contributed by atoms with van der Waals surface area (Å²) in [6.07, 6.45) is 2.26. The first-order valence-corrected chi connectivity index (χ1v) is 9.99. The zero-order valence-electron chi connectivity index (χ0n) is 17.2. The number of aliphatic imine (C=N–C) groups is 1. The van der Waals surface area contributed by atoms with Gasteiger partial charge in [0.25, 0.3) is 0 Å². The summed E-state index contributed by atoms with van der Waals surface area (Å²) in [6.45, 7) is 7.45. The van der Waals surface area contributed by atoms with E-state index in [0.717, 1.165) is 38.4 Å². The molecule has 1 unspecified atom stereocenters. The summed E-state index contributed by atoms with van der Waals surface area (Å²) in [5.41, 5.74) is 4.01. The lowest BCUT2D eigenvalue weighted by atomic mass is 9.99. The lowest BCUT2D eigenvalue weighted by molar-refractivity contribution is 0.461. The van der Waals surface area contributed by atoms with Crippen molar-refractivity contribution in [1.29, 1.82) is 0 Å². The first-order valence-electron chi connectivity index (χ1n) is 9.99. The van der Waals surface area contributed by atoms with Crippen molar-refractivity contribution >= 4 is 35.6 Å². The molecule has 0 radical (unpaired) electrons. The minimum Gasteiger partial charge on any atom is -0.371 e. The molecule has 0 aromatic heterocycles. The van der Waals surface area contributed by atoms with Crippen molar-refractivity contribution < 1.29 is 0 Å². The average Bonchev–Trinajstić information content (AvgIpc) is 2.72. The van der Waals surface area contributed by atoms with Gasteiger partial charge in [-0.1, -0.05) is 55.0 Å². The normalized spacial score (nSPS) is 16.2. The van der Waals surface area contributed by atoms with Crippen LogP contribution >= 0.6 is 24.0 Å². The fraction of sp³-hybridized carbons (Fsp3) is 0.435. The molecule has 0 saturated carbocycles. The van der Waals surface area contributed by atoms with Crippen molar-refractivity contribution in [3.05, 3.63) is 65.7 Å². The van der Waals surface area contributed by atoms with E-state index in [1.165, 1.54) is 16.8 Å². The lowest BCUT2D eigenvalue weighted by Gasteiger charge is -2.34. The van der Waals surface area contributed by atoms with Crippen LogP contribution in [0.25, 0.3) is 0 Å². The molecule has 4 nitrogen and oxygen atoms in total. The second-order valence-corrected chi connectivity index (χ2v) is 7.51. The lowest BCUT2D eigenvalue weighted by Crippen LogP contribution is -2.49. The number of aryl methyl sites for hydroxylation is 1. The number of anilines is 1. The Morgan fingerprint density at radius 3 is 2.46 bits per heavy atom. The van der Waals surface area contributed by atoms with E-state index in [9.17, 15) is 0 Å². The summed E-state index contributed by atoms with van der Waals surface area (Å²) >= 11 is 0. The Morgan fingerprint density at radius 1 is 1.11 bits per heavy atom. The van der Waals surface area contributed by atoms with Gasteiger partial charge in [-0.25, -0.2) is 0 Å². The predicted molar refractivity (Wildman–Crippen MR) is 131 cm³/mol. The van der Waals surface area contributed by atoms with Crippen LogP contribution in [0.5, 0.6) is 0 Å². The Kier molecular flexibility index (Phi) is 9.09. The molecule has 152 valence electrons. The zero-order valence-corrected chi connectivity index (χ0v) is 19.5. The molecule has 3 rings (SSSR count). The van der Waals surface area contributed by atoms with Gasteiger partial charge in [0.2, 0.25) is 0 Å². The zero-order chi connectivity index (χ0) is 19.1. The molecule has 1 fully saturated rings. The minimum absolute atomic E-state index is 0. The molecular weight excluding hydrogens is 459 g/mol. The van der Waals surface area contributed by atoms with E-state index in [1.807, 2.05) is 7.05 Å². The molecule has 1 heterocycles. The van der Waals surface area contributed by atoms with Gasteiger partial charge >= 0.3 is 0 Å². The summed E-state index contributed by atoms with van der Waals surface area (Å²) in [4.78, 5) is 6.89. The van der Waals surface area contributed by atoms with E-state index in [4.69, 9.17) is 0 Å². The number of hydrogen-bond acceptors (Lipinski definition) is 2. The summed E-state index contributed by atoms with van der Waals surface area (Å²) in [7, 11) is 1.85. The number of nitrogens with zero attached hydrogens (tertiary/aromatic N) is 2. The minimum atomic E-state index is 0. The van der Waals surface area contributed by atoms with Crippen molar-refractivity contribution in [3.8, 4) is 0 Å². The van der Waals surface area contributed by atoms with E-state index >= 15 is 0 Å². The van der Waals surface area contributed by atoms with E-state index in [1.54, 1.807) is 0 Å². The second-order valence-electron chi connectivity index (χ2n) is 7.51. The maximum absolute atomic E-state index is 4.42. The Balaban J connectivity index is 0.00000280. The van der Waals surface area contributed by atoms with Crippen molar-refractivity contribution in [2.45, 2.75) is 38.6 Å². The fourth-order valence-electron chi connectivity index (χ4n) is 3.65. The number of nitrogens with one attached hydrogen (secondary N) is 2. The van der Waals surface area contributed by atoms with Gasteiger partial charge in [0.05, 0.1) is 0 Å². The van der Waals surface area contributed by atoms with Crippen LogP contribution in [0.15, 0.2) is 59.6 Å². The Bertz CT molecular complexity index is 739. The Labute approximate surface area is 186 Å². The quantitative estimate of drug-likeness (QED) is 0.366. The third kappa shape index (κ3) is 6.40. The number of halogens is 1. The van der Waals surface area contributed by atoms with Gasteiger partial charge in [-0.15, -0.1) is 24.0 Å². The second kappa shape index (κ2) is 11.3. The molecule has 0 aliphatic carbocycles. The Hall–Kier alpha value is -1.76. The molecule has 2 aromatic rings. The van der Waals surface area contributed by atoms with Gasteiger partial charge < -0.3 is 15.5 Å². The van der Waals surface area contributed by atoms with Crippen LogP contribution in [0.2, 0.25) is 0 Å². The molecule has 1 atom stereocenters. The molecule has 0 spiro atoms. The van der Waals surface area contributed by atoms with Gasteiger partial charge in [0, 0.05) is 38.4 Å². The van der Waals surface area contributed by atoms with Crippen molar-refractivity contribution in [2.24, 2.45) is 4.99 Å². The van der Waals surface area contributed by atoms with Crippen LogP contribution in [0.1, 0.15) is 36.8 Å². The highest BCUT2D eigenvalue weighted by Crippen LogP contribution is 2.19. The molecule has 1 aliphatic rings. The summed E-state index contributed by atoms with van der Waals surface area (Å²) < 4.78 is 0. The van der Waals surface area contributed by atoms with Crippen LogP contribution in [-0.2, 0) is 0 Å². The molecule has 28 heavy (non-hydrogen) atoms. The summed E-state index contributed by atoms with van der Waals surface area (Å²) in [5, 5.41) is 7.11. The number of hydrogen-bond donors (Lipinski definition) is 2.